The number of amides is 1. The van der Waals surface area contributed by atoms with Crippen LogP contribution in [0, 0.1) is 13.8 Å². The first-order valence-corrected chi connectivity index (χ1v) is 8.42. The first-order valence-electron chi connectivity index (χ1n) is 7.62. The molecule has 1 fully saturated rings. The summed E-state index contributed by atoms with van der Waals surface area (Å²) in [7, 11) is 0. The molecule has 0 saturated carbocycles. The molecule has 1 saturated heterocycles. The molecule has 0 unspecified atom stereocenters. The van der Waals surface area contributed by atoms with E-state index in [0.717, 1.165) is 23.4 Å². The average Bonchev–Trinajstić information content (AvgIpc) is 2.54. The Labute approximate surface area is 144 Å². The predicted octanol–water partition coefficient (Wildman–Crippen LogP) is 2.82. The molecule has 0 bridgehead atoms. The fourth-order valence-electron chi connectivity index (χ4n) is 2.87. The zero-order chi connectivity index (χ0) is 16.4. The molecule has 120 valence electrons. The second-order valence-corrected chi connectivity index (χ2v) is 6.74. The van der Waals surface area contributed by atoms with Crippen LogP contribution in [0.25, 0.3) is 0 Å². The second kappa shape index (κ2) is 6.66. The standard InChI is InChI=1S/C17H19BrN4O/c1-12-7-13(2)16(20-9-12)21-3-5-22(6-4-21)17(23)14-8-15(18)11-19-10-14/h7-11H,3-6H2,1-2H3. The van der Waals surface area contributed by atoms with Crippen LogP contribution < -0.4 is 4.90 Å². The van der Waals surface area contributed by atoms with Gasteiger partial charge >= 0.3 is 0 Å². The predicted molar refractivity (Wildman–Crippen MR) is 93.8 cm³/mol. The van der Waals surface area contributed by atoms with E-state index < -0.39 is 0 Å². The maximum Gasteiger partial charge on any atom is 0.255 e. The van der Waals surface area contributed by atoms with Crippen molar-refractivity contribution in [1.82, 2.24) is 14.9 Å². The van der Waals surface area contributed by atoms with Gasteiger partial charge in [-0.25, -0.2) is 4.98 Å². The third-order valence-electron chi connectivity index (χ3n) is 4.01. The van der Waals surface area contributed by atoms with E-state index in [0.29, 0.717) is 18.7 Å². The third-order valence-corrected chi connectivity index (χ3v) is 4.44. The third kappa shape index (κ3) is 3.52. The summed E-state index contributed by atoms with van der Waals surface area (Å²) in [5, 5.41) is 0. The summed E-state index contributed by atoms with van der Waals surface area (Å²) in [6, 6.07) is 3.96. The summed E-state index contributed by atoms with van der Waals surface area (Å²) in [5.41, 5.74) is 2.97. The number of rotatable bonds is 2. The fourth-order valence-corrected chi connectivity index (χ4v) is 3.24. The lowest BCUT2D eigenvalue weighted by Gasteiger charge is -2.36. The number of nitrogens with zero attached hydrogens (tertiary/aromatic N) is 4. The number of halogens is 1. The van der Waals surface area contributed by atoms with Gasteiger partial charge in [-0.3, -0.25) is 9.78 Å². The summed E-state index contributed by atoms with van der Waals surface area (Å²) >= 11 is 3.36. The number of aromatic nitrogens is 2. The molecular formula is C17H19BrN4O. The van der Waals surface area contributed by atoms with E-state index in [1.54, 1.807) is 12.4 Å². The van der Waals surface area contributed by atoms with Crippen molar-refractivity contribution in [2.45, 2.75) is 13.8 Å². The van der Waals surface area contributed by atoms with Crippen LogP contribution in [0.1, 0.15) is 21.5 Å². The van der Waals surface area contributed by atoms with Gasteiger partial charge in [0.05, 0.1) is 5.56 Å². The fraction of sp³-hybridized carbons (Fsp3) is 0.353. The molecule has 0 radical (unpaired) electrons. The van der Waals surface area contributed by atoms with Crippen molar-refractivity contribution < 1.29 is 4.79 Å². The Hall–Kier alpha value is -1.95. The Bertz CT molecular complexity index is 726. The summed E-state index contributed by atoms with van der Waals surface area (Å²) < 4.78 is 0.821. The number of hydrogen-bond donors (Lipinski definition) is 0. The molecule has 2 aromatic heterocycles. The van der Waals surface area contributed by atoms with Crippen molar-refractivity contribution in [2.24, 2.45) is 0 Å². The lowest BCUT2D eigenvalue weighted by molar-refractivity contribution is 0.0746. The number of pyridine rings is 2. The molecule has 1 aliphatic heterocycles. The van der Waals surface area contributed by atoms with Crippen LogP contribution in [-0.4, -0.2) is 47.0 Å². The van der Waals surface area contributed by atoms with Crippen LogP contribution in [0.3, 0.4) is 0 Å². The molecule has 1 aliphatic rings. The summed E-state index contributed by atoms with van der Waals surface area (Å²) in [6.45, 7) is 7.11. The van der Waals surface area contributed by atoms with Crippen LogP contribution in [0.2, 0.25) is 0 Å². The smallest absolute Gasteiger partial charge is 0.255 e. The van der Waals surface area contributed by atoms with Gasteiger partial charge in [0, 0.05) is 49.2 Å². The van der Waals surface area contributed by atoms with Gasteiger partial charge in [-0.2, -0.15) is 0 Å². The van der Waals surface area contributed by atoms with E-state index in [1.807, 2.05) is 24.1 Å². The lowest BCUT2D eigenvalue weighted by Crippen LogP contribution is -2.49. The van der Waals surface area contributed by atoms with E-state index in [4.69, 9.17) is 0 Å². The van der Waals surface area contributed by atoms with Crippen molar-refractivity contribution in [3.63, 3.8) is 0 Å². The maximum atomic E-state index is 12.5. The number of aryl methyl sites for hydroxylation is 2. The van der Waals surface area contributed by atoms with Gasteiger partial charge in [0.15, 0.2) is 0 Å². The van der Waals surface area contributed by atoms with Crippen LogP contribution >= 0.6 is 15.9 Å². The Morgan fingerprint density at radius 3 is 2.48 bits per heavy atom. The summed E-state index contributed by atoms with van der Waals surface area (Å²) in [4.78, 5) is 25.3. The number of carbonyl (C=O) groups excluding carboxylic acids is 1. The van der Waals surface area contributed by atoms with Gasteiger partial charge in [-0.15, -0.1) is 0 Å². The van der Waals surface area contributed by atoms with Crippen molar-refractivity contribution in [1.29, 1.82) is 0 Å². The first kappa shape index (κ1) is 15.9. The van der Waals surface area contributed by atoms with Crippen LogP contribution in [0.15, 0.2) is 35.2 Å². The number of anilines is 1. The van der Waals surface area contributed by atoms with Crippen molar-refractivity contribution in [2.75, 3.05) is 31.1 Å². The van der Waals surface area contributed by atoms with Crippen molar-refractivity contribution >= 4 is 27.7 Å². The quantitative estimate of drug-likeness (QED) is 0.810. The van der Waals surface area contributed by atoms with Gasteiger partial charge < -0.3 is 9.80 Å². The van der Waals surface area contributed by atoms with Gasteiger partial charge in [0.25, 0.3) is 5.91 Å². The molecule has 3 heterocycles. The van der Waals surface area contributed by atoms with Gasteiger partial charge in [0.2, 0.25) is 0 Å². The minimum Gasteiger partial charge on any atom is -0.353 e. The van der Waals surface area contributed by atoms with E-state index >= 15 is 0 Å². The zero-order valence-electron chi connectivity index (χ0n) is 13.3. The Balaban J connectivity index is 1.67. The lowest BCUT2D eigenvalue weighted by atomic mass is 10.2. The summed E-state index contributed by atoms with van der Waals surface area (Å²) in [5.74, 6) is 1.05. The van der Waals surface area contributed by atoms with Crippen LogP contribution in [0.5, 0.6) is 0 Å². The monoisotopic (exact) mass is 374 g/mol. The van der Waals surface area contributed by atoms with Crippen LogP contribution in [-0.2, 0) is 0 Å². The minimum absolute atomic E-state index is 0.0343. The van der Waals surface area contributed by atoms with Crippen molar-refractivity contribution in [3.05, 3.63) is 51.9 Å². The number of carbonyl (C=O) groups is 1. The summed E-state index contributed by atoms with van der Waals surface area (Å²) in [6.07, 6.45) is 5.19. The molecular weight excluding hydrogens is 356 g/mol. The van der Waals surface area contributed by atoms with E-state index in [-0.39, 0.29) is 5.91 Å². The van der Waals surface area contributed by atoms with Crippen LogP contribution in [0.4, 0.5) is 5.82 Å². The Morgan fingerprint density at radius 1 is 1.09 bits per heavy atom. The largest absolute Gasteiger partial charge is 0.353 e. The first-order chi connectivity index (χ1) is 11.0. The number of hydrogen-bond acceptors (Lipinski definition) is 4. The molecule has 5 nitrogen and oxygen atoms in total. The molecule has 0 aromatic carbocycles. The number of piperazine rings is 1. The molecule has 1 amide bonds. The highest BCUT2D eigenvalue weighted by Crippen LogP contribution is 2.20. The molecule has 0 aliphatic carbocycles. The highest BCUT2D eigenvalue weighted by molar-refractivity contribution is 9.10. The van der Waals surface area contributed by atoms with Gasteiger partial charge in [-0.05, 0) is 47.0 Å². The molecule has 23 heavy (non-hydrogen) atoms. The van der Waals surface area contributed by atoms with Gasteiger partial charge in [-0.1, -0.05) is 6.07 Å². The maximum absolute atomic E-state index is 12.5. The second-order valence-electron chi connectivity index (χ2n) is 5.82. The molecule has 2 aromatic rings. The molecule has 3 rings (SSSR count). The minimum atomic E-state index is 0.0343. The highest BCUT2D eigenvalue weighted by atomic mass is 79.9. The van der Waals surface area contributed by atoms with E-state index in [1.165, 1.54) is 11.1 Å². The zero-order valence-corrected chi connectivity index (χ0v) is 14.9. The van der Waals surface area contributed by atoms with Crippen molar-refractivity contribution in [3.8, 4) is 0 Å². The topological polar surface area (TPSA) is 49.3 Å². The normalized spacial score (nSPS) is 14.9. The molecule has 0 atom stereocenters. The Kier molecular flexibility index (Phi) is 4.61. The molecule has 0 spiro atoms. The van der Waals surface area contributed by atoms with E-state index in [9.17, 15) is 4.79 Å². The highest BCUT2D eigenvalue weighted by Gasteiger charge is 2.23. The molecule has 0 N–H and O–H groups in total. The Morgan fingerprint density at radius 2 is 1.83 bits per heavy atom. The average molecular weight is 375 g/mol. The van der Waals surface area contributed by atoms with E-state index in [2.05, 4.69) is 43.8 Å². The molecule has 6 heteroatoms. The van der Waals surface area contributed by atoms with Gasteiger partial charge in [0.1, 0.15) is 5.82 Å². The SMILES string of the molecule is Cc1cnc(N2CCN(C(=O)c3cncc(Br)c3)CC2)c(C)c1.